The first kappa shape index (κ1) is 21.2. The van der Waals surface area contributed by atoms with Crippen molar-refractivity contribution in [2.45, 2.75) is 30.7 Å². The lowest BCUT2D eigenvalue weighted by molar-refractivity contribution is 0.0708. The van der Waals surface area contributed by atoms with Crippen molar-refractivity contribution >= 4 is 34.0 Å². The zero-order valence-electron chi connectivity index (χ0n) is 15.1. The summed E-state index contributed by atoms with van der Waals surface area (Å²) in [6.45, 7) is 3.03. The molecule has 1 heterocycles. The number of nitrogens with zero attached hydrogens (tertiary/aromatic N) is 1. The van der Waals surface area contributed by atoms with Gasteiger partial charge in [-0.15, -0.1) is 12.4 Å². The number of carbonyl (C=O) groups is 1. The van der Waals surface area contributed by atoms with Crippen LogP contribution in [0.5, 0.6) is 0 Å². The van der Waals surface area contributed by atoms with E-state index in [9.17, 15) is 13.2 Å². The molecule has 1 saturated heterocycles. The summed E-state index contributed by atoms with van der Waals surface area (Å²) in [5.74, 6) is -0.187. The van der Waals surface area contributed by atoms with E-state index in [4.69, 9.17) is 5.73 Å². The summed E-state index contributed by atoms with van der Waals surface area (Å²) in [5, 5.41) is 0. The minimum Gasteiger partial charge on any atom is -0.337 e. The third-order valence-electron chi connectivity index (χ3n) is 4.41. The SMILES string of the molecule is Cc1cccc(NS(=O)(=O)c2cccc(C(=O)N3CCCC(N)C3)c2)c1.Cl. The number of nitrogens with two attached hydrogens (primary N) is 1. The minimum atomic E-state index is -3.77. The van der Waals surface area contributed by atoms with Crippen LogP contribution < -0.4 is 10.5 Å². The molecule has 3 rings (SSSR count). The van der Waals surface area contributed by atoms with Crippen molar-refractivity contribution in [2.24, 2.45) is 5.73 Å². The number of likely N-dealkylation sites (tertiary alicyclic amines) is 1. The molecule has 1 aliphatic heterocycles. The average molecular weight is 410 g/mol. The summed E-state index contributed by atoms with van der Waals surface area (Å²) in [5.41, 5.74) is 7.74. The Labute approximate surface area is 166 Å². The number of halogens is 1. The molecule has 0 spiro atoms. The summed E-state index contributed by atoms with van der Waals surface area (Å²) in [6.07, 6.45) is 1.76. The molecule has 0 bridgehead atoms. The molecule has 0 radical (unpaired) electrons. The molecule has 1 fully saturated rings. The summed E-state index contributed by atoms with van der Waals surface area (Å²) in [6, 6.07) is 13.2. The van der Waals surface area contributed by atoms with E-state index in [1.807, 2.05) is 13.0 Å². The van der Waals surface area contributed by atoms with Gasteiger partial charge in [0.05, 0.1) is 4.90 Å². The van der Waals surface area contributed by atoms with E-state index in [0.717, 1.165) is 18.4 Å². The van der Waals surface area contributed by atoms with E-state index in [1.54, 1.807) is 35.2 Å². The number of amides is 1. The second-order valence-corrected chi connectivity index (χ2v) is 8.34. The Morgan fingerprint density at radius 2 is 1.93 bits per heavy atom. The molecular formula is C19H24ClN3O3S. The van der Waals surface area contributed by atoms with Crippen LogP contribution in [0.4, 0.5) is 5.69 Å². The van der Waals surface area contributed by atoms with Crippen molar-refractivity contribution in [1.29, 1.82) is 0 Å². The quantitative estimate of drug-likeness (QED) is 0.812. The van der Waals surface area contributed by atoms with E-state index in [1.165, 1.54) is 12.1 Å². The molecule has 146 valence electrons. The van der Waals surface area contributed by atoms with Crippen LogP contribution >= 0.6 is 12.4 Å². The zero-order chi connectivity index (χ0) is 18.7. The smallest absolute Gasteiger partial charge is 0.261 e. The van der Waals surface area contributed by atoms with Crippen LogP contribution in [0.3, 0.4) is 0 Å². The largest absolute Gasteiger partial charge is 0.337 e. The van der Waals surface area contributed by atoms with Crippen molar-refractivity contribution in [1.82, 2.24) is 4.90 Å². The monoisotopic (exact) mass is 409 g/mol. The average Bonchev–Trinajstić information content (AvgIpc) is 2.61. The molecule has 1 amide bonds. The Balaban J connectivity index is 0.00000261. The standard InChI is InChI=1S/C19H23N3O3S.ClH/c1-14-5-2-8-17(11-14)21-26(24,25)18-9-3-6-15(12-18)19(23)22-10-4-7-16(20)13-22;/h2-3,5-6,8-9,11-12,16,21H,4,7,10,13,20H2,1H3;1H. The summed E-state index contributed by atoms with van der Waals surface area (Å²) in [7, 11) is -3.77. The maximum atomic E-state index is 12.7. The lowest BCUT2D eigenvalue weighted by Crippen LogP contribution is -2.45. The van der Waals surface area contributed by atoms with Crippen molar-refractivity contribution in [2.75, 3.05) is 17.8 Å². The first-order valence-corrected chi connectivity index (χ1v) is 10.1. The highest BCUT2D eigenvalue weighted by Gasteiger charge is 2.23. The third kappa shape index (κ3) is 5.22. The number of piperidine rings is 1. The highest BCUT2D eigenvalue weighted by atomic mass is 35.5. The van der Waals surface area contributed by atoms with Crippen molar-refractivity contribution in [3.8, 4) is 0 Å². The van der Waals surface area contributed by atoms with Crippen LogP contribution in [0, 0.1) is 6.92 Å². The van der Waals surface area contributed by atoms with Gasteiger partial charge in [-0.3, -0.25) is 9.52 Å². The number of hydrogen-bond donors (Lipinski definition) is 2. The van der Waals surface area contributed by atoms with Gasteiger partial charge in [-0.25, -0.2) is 8.42 Å². The van der Waals surface area contributed by atoms with Gasteiger partial charge >= 0.3 is 0 Å². The second kappa shape index (κ2) is 8.73. The summed E-state index contributed by atoms with van der Waals surface area (Å²) < 4.78 is 27.9. The normalized spacial score (nSPS) is 17.1. The van der Waals surface area contributed by atoms with Crippen LogP contribution in [-0.2, 0) is 10.0 Å². The maximum absolute atomic E-state index is 12.7. The first-order valence-electron chi connectivity index (χ1n) is 8.59. The fourth-order valence-corrected chi connectivity index (χ4v) is 4.19. The molecule has 27 heavy (non-hydrogen) atoms. The topological polar surface area (TPSA) is 92.5 Å². The molecule has 3 N–H and O–H groups in total. The van der Waals surface area contributed by atoms with Gasteiger partial charge < -0.3 is 10.6 Å². The van der Waals surface area contributed by atoms with Crippen molar-refractivity contribution in [3.05, 3.63) is 59.7 Å². The lowest BCUT2D eigenvalue weighted by atomic mass is 10.1. The van der Waals surface area contributed by atoms with Gasteiger partial charge in [0.15, 0.2) is 0 Å². The Morgan fingerprint density at radius 1 is 1.19 bits per heavy atom. The molecule has 2 aromatic rings. The molecule has 2 aromatic carbocycles. The van der Waals surface area contributed by atoms with Gasteiger partial charge in [0.1, 0.15) is 0 Å². The minimum absolute atomic E-state index is 0. The van der Waals surface area contributed by atoms with E-state index >= 15 is 0 Å². The first-order chi connectivity index (χ1) is 12.3. The van der Waals surface area contributed by atoms with E-state index in [-0.39, 0.29) is 29.3 Å². The number of benzene rings is 2. The predicted molar refractivity (Wildman–Crippen MR) is 109 cm³/mol. The maximum Gasteiger partial charge on any atom is 0.261 e. The van der Waals surface area contributed by atoms with Crippen LogP contribution in [0.1, 0.15) is 28.8 Å². The molecule has 1 atom stereocenters. The fourth-order valence-electron chi connectivity index (χ4n) is 3.10. The summed E-state index contributed by atoms with van der Waals surface area (Å²) >= 11 is 0. The van der Waals surface area contributed by atoms with Crippen LogP contribution in [0.15, 0.2) is 53.4 Å². The second-order valence-electron chi connectivity index (χ2n) is 6.66. The Morgan fingerprint density at radius 3 is 2.63 bits per heavy atom. The summed E-state index contributed by atoms with van der Waals surface area (Å²) in [4.78, 5) is 14.4. The number of rotatable bonds is 4. The fraction of sp³-hybridized carbons (Fsp3) is 0.316. The van der Waals surface area contributed by atoms with Crippen LogP contribution in [-0.4, -0.2) is 38.4 Å². The van der Waals surface area contributed by atoms with Gasteiger partial charge in [0.25, 0.3) is 15.9 Å². The number of nitrogens with one attached hydrogen (secondary N) is 1. The number of hydrogen-bond acceptors (Lipinski definition) is 4. The van der Waals surface area contributed by atoms with Crippen LogP contribution in [0.25, 0.3) is 0 Å². The lowest BCUT2D eigenvalue weighted by Gasteiger charge is -2.30. The highest BCUT2D eigenvalue weighted by molar-refractivity contribution is 7.92. The molecule has 1 aliphatic rings. The number of carbonyl (C=O) groups excluding carboxylic acids is 1. The Hall–Kier alpha value is -2.09. The van der Waals surface area contributed by atoms with Gasteiger partial charge in [0.2, 0.25) is 0 Å². The number of anilines is 1. The van der Waals surface area contributed by atoms with Crippen molar-refractivity contribution in [3.63, 3.8) is 0 Å². The molecule has 0 aromatic heterocycles. The van der Waals surface area contributed by atoms with E-state index < -0.39 is 10.0 Å². The zero-order valence-corrected chi connectivity index (χ0v) is 16.7. The number of aryl methyl sites for hydroxylation is 1. The van der Waals surface area contributed by atoms with Crippen LogP contribution in [0.2, 0.25) is 0 Å². The molecule has 0 aliphatic carbocycles. The Kier molecular flexibility index (Phi) is 6.86. The molecule has 6 nitrogen and oxygen atoms in total. The Bertz CT molecular complexity index is 918. The van der Waals surface area contributed by atoms with E-state index in [2.05, 4.69) is 4.72 Å². The molecule has 1 unspecified atom stereocenters. The van der Waals surface area contributed by atoms with Gasteiger partial charge in [0, 0.05) is 30.4 Å². The van der Waals surface area contributed by atoms with E-state index in [0.29, 0.717) is 24.3 Å². The molecule has 0 saturated carbocycles. The van der Waals surface area contributed by atoms with Gasteiger partial charge in [-0.05, 0) is 55.7 Å². The number of sulfonamides is 1. The third-order valence-corrected chi connectivity index (χ3v) is 5.79. The molecular weight excluding hydrogens is 386 g/mol. The highest BCUT2D eigenvalue weighted by Crippen LogP contribution is 2.20. The van der Waals surface area contributed by atoms with Gasteiger partial charge in [-0.1, -0.05) is 18.2 Å². The van der Waals surface area contributed by atoms with Gasteiger partial charge in [-0.2, -0.15) is 0 Å². The molecule has 8 heteroatoms. The predicted octanol–water partition coefficient (Wildman–Crippen LogP) is 2.78. The van der Waals surface area contributed by atoms with Crippen molar-refractivity contribution < 1.29 is 13.2 Å².